The maximum atomic E-state index is 12.4. The average molecular weight is 246 g/mol. The van der Waals surface area contributed by atoms with Gasteiger partial charge in [0.1, 0.15) is 0 Å². The van der Waals surface area contributed by atoms with Gasteiger partial charge in [-0.05, 0) is 25.3 Å². The van der Waals surface area contributed by atoms with Crippen LogP contribution in [0.3, 0.4) is 0 Å². The van der Waals surface area contributed by atoms with Crippen LogP contribution < -0.4 is 5.32 Å². The molecule has 1 heterocycles. The molecule has 5 heteroatoms. The zero-order valence-electron chi connectivity index (χ0n) is 10.2. The molecule has 0 aromatic rings. The fourth-order valence-corrected chi connectivity index (χ4v) is 3.34. The number of amides is 1. The summed E-state index contributed by atoms with van der Waals surface area (Å²) in [5.74, 6) is 0.247. The first kappa shape index (κ1) is 12.7. The number of hydrogen-bond donors (Lipinski definition) is 1. The van der Waals surface area contributed by atoms with Crippen molar-refractivity contribution in [2.45, 2.75) is 32.1 Å². The minimum Gasteiger partial charge on any atom is -0.340 e. The van der Waals surface area contributed by atoms with E-state index in [4.69, 9.17) is 0 Å². The highest BCUT2D eigenvalue weighted by Gasteiger charge is 2.50. The molecule has 2 aliphatic rings. The van der Waals surface area contributed by atoms with Gasteiger partial charge in [-0.25, -0.2) is 8.78 Å². The first-order valence-corrected chi connectivity index (χ1v) is 6.31. The lowest BCUT2D eigenvalue weighted by Crippen LogP contribution is -2.49. The van der Waals surface area contributed by atoms with Crippen molar-refractivity contribution in [1.82, 2.24) is 10.2 Å². The Balaban J connectivity index is 2.10. The summed E-state index contributed by atoms with van der Waals surface area (Å²) in [6, 6.07) is 0. The largest absolute Gasteiger partial charge is 0.340 e. The number of nitrogens with zero attached hydrogens (tertiary/aromatic N) is 1. The van der Waals surface area contributed by atoms with Gasteiger partial charge in [0, 0.05) is 13.6 Å². The Morgan fingerprint density at radius 1 is 1.53 bits per heavy atom. The van der Waals surface area contributed by atoms with Crippen LogP contribution in [0.2, 0.25) is 0 Å². The minimum absolute atomic E-state index is 0.0903. The van der Waals surface area contributed by atoms with Crippen molar-refractivity contribution in [2.24, 2.45) is 11.3 Å². The van der Waals surface area contributed by atoms with Gasteiger partial charge in [0.05, 0.1) is 12.0 Å². The van der Waals surface area contributed by atoms with E-state index in [0.717, 1.165) is 32.2 Å². The number of alkyl halides is 2. The van der Waals surface area contributed by atoms with Gasteiger partial charge in [-0.2, -0.15) is 0 Å². The van der Waals surface area contributed by atoms with E-state index < -0.39 is 18.4 Å². The molecule has 1 N–H and O–H groups in total. The van der Waals surface area contributed by atoms with E-state index in [9.17, 15) is 13.6 Å². The lowest BCUT2D eigenvalue weighted by molar-refractivity contribution is -0.145. The van der Waals surface area contributed by atoms with Crippen LogP contribution in [0, 0.1) is 11.3 Å². The molecule has 1 saturated heterocycles. The molecule has 1 amide bonds. The van der Waals surface area contributed by atoms with Crippen LogP contribution in [0.5, 0.6) is 0 Å². The third-order valence-corrected chi connectivity index (χ3v) is 4.22. The minimum atomic E-state index is -2.45. The van der Waals surface area contributed by atoms with E-state index in [1.807, 2.05) is 0 Å². The summed E-state index contributed by atoms with van der Waals surface area (Å²) in [6.45, 7) is 1.06. The van der Waals surface area contributed by atoms with Crippen LogP contribution in [0.1, 0.15) is 25.7 Å². The van der Waals surface area contributed by atoms with E-state index >= 15 is 0 Å². The molecule has 3 nitrogen and oxygen atoms in total. The number of rotatable bonds is 3. The van der Waals surface area contributed by atoms with Crippen LogP contribution in [0.15, 0.2) is 0 Å². The summed E-state index contributed by atoms with van der Waals surface area (Å²) in [5, 5.41) is 3.26. The Hall–Kier alpha value is -0.710. The molecule has 0 unspecified atom stereocenters. The van der Waals surface area contributed by atoms with Gasteiger partial charge in [0.15, 0.2) is 0 Å². The number of carbonyl (C=O) groups is 1. The molecule has 1 aliphatic heterocycles. The first-order valence-electron chi connectivity index (χ1n) is 6.31. The van der Waals surface area contributed by atoms with Crippen LogP contribution in [0.25, 0.3) is 0 Å². The Labute approximate surface area is 101 Å². The second kappa shape index (κ2) is 4.88. The van der Waals surface area contributed by atoms with Crippen molar-refractivity contribution in [3.05, 3.63) is 0 Å². The molecular formula is C12H20F2N2O. The molecule has 0 radical (unpaired) electrons. The highest BCUT2D eigenvalue weighted by atomic mass is 19.3. The first-order chi connectivity index (χ1) is 8.06. The van der Waals surface area contributed by atoms with E-state index in [1.54, 1.807) is 0 Å². The summed E-state index contributed by atoms with van der Waals surface area (Å²) in [4.78, 5) is 13.6. The van der Waals surface area contributed by atoms with E-state index in [0.29, 0.717) is 12.5 Å². The van der Waals surface area contributed by atoms with E-state index in [2.05, 4.69) is 5.32 Å². The zero-order chi connectivity index (χ0) is 12.5. The predicted molar refractivity (Wildman–Crippen MR) is 60.9 cm³/mol. The fraction of sp³-hybridized carbons (Fsp3) is 0.917. The van der Waals surface area contributed by atoms with Gasteiger partial charge in [0.25, 0.3) is 6.43 Å². The molecule has 0 bridgehead atoms. The molecule has 2 rings (SSSR count). The van der Waals surface area contributed by atoms with Crippen molar-refractivity contribution in [3.8, 4) is 0 Å². The molecule has 1 aliphatic carbocycles. The molecule has 1 saturated carbocycles. The van der Waals surface area contributed by atoms with Crippen molar-refractivity contribution in [1.29, 1.82) is 0 Å². The Morgan fingerprint density at radius 3 is 3.00 bits per heavy atom. The van der Waals surface area contributed by atoms with Gasteiger partial charge < -0.3 is 10.2 Å². The van der Waals surface area contributed by atoms with Gasteiger partial charge in [-0.1, -0.05) is 12.8 Å². The second-order valence-corrected chi connectivity index (χ2v) is 5.31. The summed E-state index contributed by atoms with van der Waals surface area (Å²) in [7, 11) is 1.49. The summed E-state index contributed by atoms with van der Waals surface area (Å²) < 4.78 is 24.7. The van der Waals surface area contributed by atoms with Gasteiger partial charge in [-0.3, -0.25) is 4.79 Å². The standard InChI is InChI=1S/C12H20F2N2O/c1-16(7-10(13)14)11(17)12-5-3-2-4-9(12)6-15-8-12/h9-10,15H,2-8H2,1H3/t9-,12+/m0/s1. The van der Waals surface area contributed by atoms with Gasteiger partial charge in [0.2, 0.25) is 5.91 Å². The number of carbonyl (C=O) groups excluding carboxylic acids is 1. The normalized spacial score (nSPS) is 32.6. The van der Waals surface area contributed by atoms with Crippen LogP contribution in [-0.4, -0.2) is 43.9 Å². The molecule has 2 fully saturated rings. The fourth-order valence-electron chi connectivity index (χ4n) is 3.34. The molecule has 2 atom stereocenters. The lowest BCUT2D eigenvalue weighted by atomic mass is 9.67. The van der Waals surface area contributed by atoms with E-state index in [-0.39, 0.29) is 5.91 Å². The van der Waals surface area contributed by atoms with Gasteiger partial charge in [-0.15, -0.1) is 0 Å². The molecular weight excluding hydrogens is 226 g/mol. The Bertz CT molecular complexity index is 298. The second-order valence-electron chi connectivity index (χ2n) is 5.31. The average Bonchev–Trinajstić information content (AvgIpc) is 2.71. The van der Waals surface area contributed by atoms with Crippen LogP contribution in [-0.2, 0) is 4.79 Å². The summed E-state index contributed by atoms with van der Waals surface area (Å²) in [6.07, 6.45) is 1.63. The molecule has 0 aromatic carbocycles. The number of hydrogen-bond acceptors (Lipinski definition) is 2. The Kier molecular flexibility index (Phi) is 3.66. The lowest BCUT2D eigenvalue weighted by Gasteiger charge is -2.39. The number of halogens is 2. The highest BCUT2D eigenvalue weighted by molar-refractivity contribution is 5.83. The number of fused-ring (bicyclic) bond motifs is 1. The predicted octanol–water partition coefficient (Wildman–Crippen LogP) is 1.49. The number of nitrogens with one attached hydrogen (secondary N) is 1. The maximum absolute atomic E-state index is 12.4. The molecule has 17 heavy (non-hydrogen) atoms. The smallest absolute Gasteiger partial charge is 0.255 e. The highest BCUT2D eigenvalue weighted by Crippen LogP contribution is 2.44. The van der Waals surface area contributed by atoms with Crippen LogP contribution in [0.4, 0.5) is 8.78 Å². The quantitative estimate of drug-likeness (QED) is 0.818. The zero-order valence-corrected chi connectivity index (χ0v) is 10.2. The molecule has 0 aromatic heterocycles. The maximum Gasteiger partial charge on any atom is 0.255 e. The van der Waals surface area contributed by atoms with Crippen molar-refractivity contribution >= 4 is 5.91 Å². The van der Waals surface area contributed by atoms with Crippen molar-refractivity contribution < 1.29 is 13.6 Å². The van der Waals surface area contributed by atoms with Crippen molar-refractivity contribution in [2.75, 3.05) is 26.7 Å². The monoisotopic (exact) mass is 246 g/mol. The molecule has 98 valence electrons. The summed E-state index contributed by atoms with van der Waals surface area (Å²) in [5.41, 5.74) is -0.401. The van der Waals surface area contributed by atoms with Gasteiger partial charge >= 0.3 is 0 Å². The van der Waals surface area contributed by atoms with Crippen LogP contribution >= 0.6 is 0 Å². The topological polar surface area (TPSA) is 32.3 Å². The summed E-state index contributed by atoms with van der Waals surface area (Å²) >= 11 is 0. The molecule has 0 spiro atoms. The SMILES string of the molecule is CN(CC(F)F)C(=O)[C@@]12CCCC[C@H]1CNC2. The Morgan fingerprint density at radius 2 is 2.29 bits per heavy atom. The van der Waals surface area contributed by atoms with Crippen molar-refractivity contribution in [3.63, 3.8) is 0 Å². The van der Waals surface area contributed by atoms with E-state index in [1.165, 1.54) is 11.9 Å². The third-order valence-electron chi connectivity index (χ3n) is 4.22. The third kappa shape index (κ3) is 2.30.